The van der Waals surface area contributed by atoms with Crippen molar-refractivity contribution < 1.29 is 14.0 Å². The van der Waals surface area contributed by atoms with Crippen LogP contribution in [0.4, 0.5) is 20.7 Å². The molecule has 0 aliphatic carbocycles. The predicted molar refractivity (Wildman–Crippen MR) is 153 cm³/mol. The summed E-state index contributed by atoms with van der Waals surface area (Å²) in [5, 5.41) is 15.0. The third kappa shape index (κ3) is 4.66. The van der Waals surface area contributed by atoms with Gasteiger partial charge in [0.2, 0.25) is 0 Å². The number of anilines is 2. The lowest BCUT2D eigenvalue weighted by Crippen LogP contribution is -2.22. The van der Waals surface area contributed by atoms with Crippen molar-refractivity contribution in [1.82, 2.24) is 20.1 Å². The average Bonchev–Trinajstić information content (AvgIpc) is 3.53. The van der Waals surface area contributed by atoms with Crippen molar-refractivity contribution in [3.05, 3.63) is 102 Å². The molecule has 5 aromatic rings. The van der Waals surface area contributed by atoms with E-state index in [0.29, 0.717) is 23.5 Å². The van der Waals surface area contributed by atoms with Crippen LogP contribution in [0.2, 0.25) is 0 Å². The fourth-order valence-corrected chi connectivity index (χ4v) is 4.81. The third-order valence-electron chi connectivity index (χ3n) is 6.96. The Labute approximate surface area is 230 Å². The number of aromatic nitrogens is 3. The molecule has 0 saturated carbocycles. The quantitative estimate of drug-likeness (QED) is 0.248. The number of hydrogen-bond acceptors (Lipinski definition) is 4. The van der Waals surface area contributed by atoms with Crippen LogP contribution in [0, 0.1) is 5.82 Å². The summed E-state index contributed by atoms with van der Waals surface area (Å²) in [4.78, 5) is 29.2. The summed E-state index contributed by atoms with van der Waals surface area (Å²) < 4.78 is 16.8. The van der Waals surface area contributed by atoms with E-state index < -0.39 is 11.8 Å². The van der Waals surface area contributed by atoms with Crippen molar-refractivity contribution >= 4 is 34.2 Å². The molecule has 9 heteroatoms. The van der Waals surface area contributed by atoms with Gasteiger partial charge in [-0.25, -0.2) is 13.9 Å². The standard InChI is InChI=1S/C31H27FN6O2/c1-31(2,3)27-15-28(38(37-27)21-9-7-20-16-33-12-11-18(20)13-21)36-30(40)35-26-10-8-19(14-25(26)32)22-5-4-6-23-24(22)17-34-29(23)39/h4-16H,17H2,1-3H3,(H,34,39)(H2,35,36,40). The number of carbonyl (C=O) groups is 2. The maximum Gasteiger partial charge on any atom is 0.324 e. The molecule has 40 heavy (non-hydrogen) atoms. The van der Waals surface area contributed by atoms with Gasteiger partial charge in [-0.1, -0.05) is 45.0 Å². The van der Waals surface area contributed by atoms with Gasteiger partial charge in [-0.2, -0.15) is 5.10 Å². The van der Waals surface area contributed by atoms with Crippen molar-refractivity contribution in [3.8, 4) is 16.8 Å². The molecule has 0 unspecified atom stereocenters. The summed E-state index contributed by atoms with van der Waals surface area (Å²) in [5.74, 6) is -0.277. The molecule has 3 heterocycles. The lowest BCUT2D eigenvalue weighted by atomic mass is 9.92. The summed E-state index contributed by atoms with van der Waals surface area (Å²) in [6.45, 7) is 6.52. The third-order valence-corrected chi connectivity index (χ3v) is 6.96. The molecule has 0 fully saturated rings. The number of benzene rings is 3. The molecular formula is C31H27FN6O2. The summed E-state index contributed by atoms with van der Waals surface area (Å²) in [5.41, 5.74) is 4.14. The molecule has 8 nitrogen and oxygen atoms in total. The van der Waals surface area contributed by atoms with E-state index in [0.717, 1.165) is 33.3 Å². The first-order valence-corrected chi connectivity index (χ1v) is 12.9. The van der Waals surface area contributed by atoms with E-state index in [1.165, 1.54) is 12.1 Å². The molecule has 0 radical (unpaired) electrons. The monoisotopic (exact) mass is 534 g/mol. The van der Waals surface area contributed by atoms with Crippen LogP contribution >= 0.6 is 0 Å². The van der Waals surface area contributed by atoms with E-state index >= 15 is 4.39 Å². The summed E-state index contributed by atoms with van der Waals surface area (Å²) >= 11 is 0. The second-order valence-electron chi connectivity index (χ2n) is 10.8. The predicted octanol–water partition coefficient (Wildman–Crippen LogP) is 6.41. The Hall–Kier alpha value is -5.05. The Morgan fingerprint density at radius 3 is 2.60 bits per heavy atom. The lowest BCUT2D eigenvalue weighted by Gasteiger charge is -2.14. The summed E-state index contributed by atoms with van der Waals surface area (Å²) in [7, 11) is 0. The number of carbonyl (C=O) groups excluding carboxylic acids is 2. The van der Waals surface area contributed by atoms with Crippen LogP contribution in [-0.4, -0.2) is 26.7 Å². The number of fused-ring (bicyclic) bond motifs is 2. The molecule has 0 bridgehead atoms. The second kappa shape index (κ2) is 9.60. The molecule has 0 atom stereocenters. The highest BCUT2D eigenvalue weighted by Crippen LogP contribution is 2.32. The minimum absolute atomic E-state index is 0.0309. The van der Waals surface area contributed by atoms with Crippen LogP contribution in [-0.2, 0) is 12.0 Å². The average molecular weight is 535 g/mol. The van der Waals surface area contributed by atoms with E-state index in [-0.39, 0.29) is 17.0 Å². The van der Waals surface area contributed by atoms with E-state index in [2.05, 4.69) is 20.9 Å². The molecule has 6 rings (SSSR count). The van der Waals surface area contributed by atoms with Gasteiger partial charge in [-0.3, -0.25) is 15.1 Å². The van der Waals surface area contributed by atoms with Crippen molar-refractivity contribution in [3.63, 3.8) is 0 Å². The van der Waals surface area contributed by atoms with Crippen LogP contribution in [0.25, 0.3) is 27.6 Å². The van der Waals surface area contributed by atoms with Crippen molar-refractivity contribution in [2.24, 2.45) is 0 Å². The molecule has 0 saturated heterocycles. The normalized spacial score (nSPS) is 12.8. The first-order valence-electron chi connectivity index (χ1n) is 12.9. The molecular weight excluding hydrogens is 507 g/mol. The highest BCUT2D eigenvalue weighted by atomic mass is 19.1. The Morgan fingerprint density at radius 1 is 0.975 bits per heavy atom. The van der Waals surface area contributed by atoms with Crippen molar-refractivity contribution in [1.29, 1.82) is 0 Å². The number of amides is 3. The number of pyridine rings is 1. The first-order chi connectivity index (χ1) is 19.2. The summed E-state index contributed by atoms with van der Waals surface area (Å²) in [6.07, 6.45) is 3.51. The number of nitrogens with one attached hydrogen (secondary N) is 3. The molecule has 0 spiro atoms. The van der Waals surface area contributed by atoms with Crippen molar-refractivity contribution in [2.75, 3.05) is 10.6 Å². The fraction of sp³-hybridized carbons (Fsp3) is 0.161. The molecule has 3 aromatic carbocycles. The second-order valence-corrected chi connectivity index (χ2v) is 10.8. The van der Waals surface area contributed by atoms with Gasteiger partial charge in [0.1, 0.15) is 11.6 Å². The Morgan fingerprint density at radius 2 is 1.80 bits per heavy atom. The van der Waals surface area contributed by atoms with Crippen molar-refractivity contribution in [2.45, 2.75) is 32.7 Å². The van der Waals surface area contributed by atoms with Gasteiger partial charge in [0.05, 0.1) is 17.1 Å². The molecule has 200 valence electrons. The number of nitrogens with zero attached hydrogens (tertiary/aromatic N) is 3. The topological polar surface area (TPSA) is 101 Å². The zero-order valence-corrected chi connectivity index (χ0v) is 22.2. The zero-order chi connectivity index (χ0) is 28.0. The largest absolute Gasteiger partial charge is 0.348 e. The highest BCUT2D eigenvalue weighted by molar-refractivity contribution is 6.01. The smallest absolute Gasteiger partial charge is 0.324 e. The van der Waals surface area contributed by atoms with Crippen LogP contribution < -0.4 is 16.0 Å². The molecule has 3 N–H and O–H groups in total. The molecule has 1 aliphatic heterocycles. The highest BCUT2D eigenvalue weighted by Gasteiger charge is 2.24. The summed E-state index contributed by atoms with van der Waals surface area (Å²) in [6, 6.07) is 18.9. The fourth-order valence-electron chi connectivity index (χ4n) is 4.81. The van der Waals surface area contributed by atoms with Gasteiger partial charge in [0, 0.05) is 41.4 Å². The van der Waals surface area contributed by atoms with Crippen LogP contribution in [0.15, 0.2) is 79.1 Å². The van der Waals surface area contributed by atoms with Gasteiger partial charge >= 0.3 is 6.03 Å². The molecule has 1 aliphatic rings. The Bertz CT molecular complexity index is 1800. The van der Waals surface area contributed by atoms with Crippen LogP contribution in [0.1, 0.15) is 42.4 Å². The van der Waals surface area contributed by atoms with Gasteiger partial charge in [-0.15, -0.1) is 0 Å². The maximum atomic E-state index is 15.2. The lowest BCUT2D eigenvalue weighted by molar-refractivity contribution is 0.0965. The first kappa shape index (κ1) is 25.2. The van der Waals surface area contributed by atoms with E-state index in [1.807, 2.05) is 57.2 Å². The van der Waals surface area contributed by atoms with Crippen LogP contribution in [0.5, 0.6) is 0 Å². The number of hydrogen-bond donors (Lipinski definition) is 3. The number of urea groups is 1. The maximum absolute atomic E-state index is 15.2. The van der Waals surface area contributed by atoms with Gasteiger partial charge in [0.25, 0.3) is 5.91 Å². The van der Waals surface area contributed by atoms with Gasteiger partial charge in [-0.05, 0) is 58.5 Å². The SMILES string of the molecule is CC(C)(C)c1cc(NC(=O)Nc2ccc(-c3cccc4c3CNC4=O)cc2F)n(-c2ccc3cnccc3c2)n1. The van der Waals surface area contributed by atoms with Crippen LogP contribution in [0.3, 0.4) is 0 Å². The van der Waals surface area contributed by atoms with Gasteiger partial charge < -0.3 is 10.6 Å². The Balaban J connectivity index is 1.27. The van der Waals surface area contributed by atoms with E-state index in [4.69, 9.17) is 5.10 Å². The molecule has 3 amide bonds. The Kier molecular flexibility index (Phi) is 6.06. The van der Waals surface area contributed by atoms with E-state index in [1.54, 1.807) is 35.3 Å². The van der Waals surface area contributed by atoms with E-state index in [9.17, 15) is 9.59 Å². The number of halogens is 1. The minimum Gasteiger partial charge on any atom is -0.348 e. The molecule has 2 aromatic heterocycles. The number of rotatable bonds is 4. The zero-order valence-electron chi connectivity index (χ0n) is 22.2. The minimum atomic E-state index is -0.603. The van der Waals surface area contributed by atoms with Gasteiger partial charge in [0.15, 0.2) is 0 Å².